The Morgan fingerprint density at radius 3 is 2.67 bits per heavy atom. The van der Waals surface area contributed by atoms with Crippen molar-refractivity contribution in [2.24, 2.45) is 16.6 Å². The molecule has 1 atom stereocenters. The van der Waals surface area contributed by atoms with Crippen molar-refractivity contribution in [1.82, 2.24) is 9.97 Å². The van der Waals surface area contributed by atoms with Gasteiger partial charge >= 0.3 is 0 Å². The number of imidazole rings is 1. The van der Waals surface area contributed by atoms with Crippen LogP contribution in [0.15, 0.2) is 24.3 Å². The van der Waals surface area contributed by atoms with E-state index in [1.54, 1.807) is 0 Å². The number of aryl methyl sites for hydroxylation is 1. The van der Waals surface area contributed by atoms with Crippen molar-refractivity contribution >= 4 is 11.0 Å². The van der Waals surface area contributed by atoms with Crippen molar-refractivity contribution in [2.75, 3.05) is 6.54 Å². The summed E-state index contributed by atoms with van der Waals surface area (Å²) in [5, 5.41) is 0. The second-order valence-corrected chi connectivity index (χ2v) is 6.25. The van der Waals surface area contributed by atoms with Crippen LogP contribution < -0.4 is 5.73 Å². The van der Waals surface area contributed by atoms with E-state index in [4.69, 9.17) is 5.73 Å². The highest BCUT2D eigenvalue weighted by Crippen LogP contribution is 2.65. The maximum Gasteiger partial charge on any atom is 0.107 e. The Morgan fingerprint density at radius 1 is 1.33 bits per heavy atom. The number of hydrogen-bond donors (Lipinski definition) is 2. The molecule has 1 aliphatic rings. The van der Waals surface area contributed by atoms with Gasteiger partial charge in [0.2, 0.25) is 0 Å². The van der Waals surface area contributed by atoms with Crippen LogP contribution in [-0.4, -0.2) is 16.5 Å². The fraction of sp³-hybridized carbons (Fsp3) is 0.533. The van der Waals surface area contributed by atoms with Gasteiger partial charge in [0.1, 0.15) is 5.82 Å². The first-order chi connectivity index (χ1) is 8.56. The van der Waals surface area contributed by atoms with Gasteiger partial charge in [-0.3, -0.25) is 0 Å². The summed E-state index contributed by atoms with van der Waals surface area (Å²) in [7, 11) is 0. The Labute approximate surface area is 108 Å². The molecular weight excluding hydrogens is 222 g/mol. The first kappa shape index (κ1) is 11.7. The predicted molar refractivity (Wildman–Crippen MR) is 74.3 cm³/mol. The molecule has 1 aliphatic carbocycles. The van der Waals surface area contributed by atoms with Crippen LogP contribution in [-0.2, 0) is 6.42 Å². The Hall–Kier alpha value is -1.35. The SMILES string of the molecule is CC1(C)CC1(CN)CCc1nc2ccccc2[nH]1. The van der Waals surface area contributed by atoms with E-state index in [0.29, 0.717) is 10.8 Å². The van der Waals surface area contributed by atoms with Crippen LogP contribution in [0.4, 0.5) is 0 Å². The zero-order valence-corrected chi connectivity index (χ0v) is 11.2. The number of H-pyrrole nitrogens is 1. The molecule has 1 fully saturated rings. The number of para-hydroxylation sites is 2. The molecule has 3 heteroatoms. The fourth-order valence-electron chi connectivity index (χ4n) is 3.16. The van der Waals surface area contributed by atoms with Crippen molar-refractivity contribution in [1.29, 1.82) is 0 Å². The standard InChI is InChI=1S/C15H21N3/c1-14(2)9-15(14,10-16)8-7-13-17-11-5-3-4-6-12(11)18-13/h3-6H,7-10,16H2,1-2H3,(H,17,18). The van der Waals surface area contributed by atoms with Crippen molar-refractivity contribution in [3.63, 3.8) is 0 Å². The fourth-order valence-corrected chi connectivity index (χ4v) is 3.16. The van der Waals surface area contributed by atoms with Gasteiger partial charge in [0, 0.05) is 6.42 Å². The van der Waals surface area contributed by atoms with Crippen molar-refractivity contribution in [3.8, 4) is 0 Å². The number of nitrogens with one attached hydrogen (secondary N) is 1. The van der Waals surface area contributed by atoms with Crippen LogP contribution >= 0.6 is 0 Å². The van der Waals surface area contributed by atoms with Crippen molar-refractivity contribution < 1.29 is 0 Å². The topological polar surface area (TPSA) is 54.7 Å². The number of hydrogen-bond acceptors (Lipinski definition) is 2. The highest BCUT2D eigenvalue weighted by Gasteiger charge is 2.59. The summed E-state index contributed by atoms with van der Waals surface area (Å²) in [4.78, 5) is 8.02. The lowest BCUT2D eigenvalue weighted by Gasteiger charge is -2.17. The minimum absolute atomic E-state index is 0.339. The smallest absolute Gasteiger partial charge is 0.107 e. The average Bonchev–Trinajstić information content (AvgIpc) is 2.72. The first-order valence-corrected chi connectivity index (χ1v) is 6.70. The van der Waals surface area contributed by atoms with Gasteiger partial charge in [-0.25, -0.2) is 4.98 Å². The number of nitrogens with zero attached hydrogens (tertiary/aromatic N) is 1. The molecule has 1 heterocycles. The summed E-state index contributed by atoms with van der Waals surface area (Å²) in [6, 6.07) is 8.19. The lowest BCUT2D eigenvalue weighted by Crippen LogP contribution is -2.21. The Morgan fingerprint density at radius 2 is 2.06 bits per heavy atom. The summed E-state index contributed by atoms with van der Waals surface area (Å²) in [5.74, 6) is 1.09. The van der Waals surface area contributed by atoms with E-state index >= 15 is 0 Å². The molecule has 3 nitrogen and oxygen atoms in total. The molecule has 1 aromatic carbocycles. The molecule has 0 radical (unpaired) electrons. The van der Waals surface area contributed by atoms with Crippen LogP contribution in [0.3, 0.4) is 0 Å². The average molecular weight is 243 g/mol. The molecule has 0 spiro atoms. The van der Waals surface area contributed by atoms with Gasteiger partial charge in [0.15, 0.2) is 0 Å². The zero-order chi connectivity index (χ0) is 12.8. The van der Waals surface area contributed by atoms with Crippen LogP contribution in [0.2, 0.25) is 0 Å². The molecule has 0 saturated heterocycles. The Bertz CT molecular complexity index is 537. The van der Waals surface area contributed by atoms with E-state index in [1.807, 2.05) is 12.1 Å². The normalized spacial score (nSPS) is 25.5. The highest BCUT2D eigenvalue weighted by atomic mass is 14.9. The lowest BCUT2D eigenvalue weighted by atomic mass is 9.91. The summed E-state index contributed by atoms with van der Waals surface area (Å²) < 4.78 is 0. The van der Waals surface area contributed by atoms with Gasteiger partial charge < -0.3 is 10.7 Å². The molecule has 2 aromatic rings. The molecule has 0 aliphatic heterocycles. The largest absolute Gasteiger partial charge is 0.342 e. The second-order valence-electron chi connectivity index (χ2n) is 6.25. The van der Waals surface area contributed by atoms with Gasteiger partial charge in [-0.2, -0.15) is 0 Å². The number of aromatic amines is 1. The third-order valence-corrected chi connectivity index (χ3v) is 4.76. The van der Waals surface area contributed by atoms with E-state index < -0.39 is 0 Å². The monoisotopic (exact) mass is 243 g/mol. The Balaban J connectivity index is 1.74. The number of aromatic nitrogens is 2. The maximum atomic E-state index is 5.95. The van der Waals surface area contributed by atoms with E-state index in [-0.39, 0.29) is 0 Å². The van der Waals surface area contributed by atoms with Crippen LogP contribution in [0.5, 0.6) is 0 Å². The van der Waals surface area contributed by atoms with Gasteiger partial charge in [0.25, 0.3) is 0 Å². The molecule has 0 amide bonds. The van der Waals surface area contributed by atoms with Gasteiger partial charge in [-0.05, 0) is 42.3 Å². The minimum Gasteiger partial charge on any atom is -0.342 e. The lowest BCUT2D eigenvalue weighted by molar-refractivity contribution is 0.363. The third-order valence-electron chi connectivity index (χ3n) is 4.76. The number of benzene rings is 1. The summed E-state index contributed by atoms with van der Waals surface area (Å²) >= 11 is 0. The summed E-state index contributed by atoms with van der Waals surface area (Å²) in [6.07, 6.45) is 3.38. The van der Waals surface area contributed by atoms with Gasteiger partial charge in [0.05, 0.1) is 11.0 Å². The number of fused-ring (bicyclic) bond motifs is 1. The minimum atomic E-state index is 0.339. The molecule has 0 bridgehead atoms. The summed E-state index contributed by atoms with van der Waals surface area (Å²) in [5.41, 5.74) is 8.89. The Kier molecular flexibility index (Phi) is 2.49. The molecular formula is C15H21N3. The van der Waals surface area contributed by atoms with Crippen molar-refractivity contribution in [2.45, 2.75) is 33.1 Å². The first-order valence-electron chi connectivity index (χ1n) is 6.70. The van der Waals surface area contributed by atoms with Crippen LogP contribution in [0.25, 0.3) is 11.0 Å². The third kappa shape index (κ3) is 1.74. The van der Waals surface area contributed by atoms with E-state index in [0.717, 1.165) is 36.2 Å². The molecule has 1 saturated carbocycles. The molecule has 3 rings (SSSR count). The van der Waals surface area contributed by atoms with Gasteiger partial charge in [-0.1, -0.05) is 26.0 Å². The van der Waals surface area contributed by atoms with Crippen LogP contribution in [0.1, 0.15) is 32.5 Å². The highest BCUT2D eigenvalue weighted by molar-refractivity contribution is 5.74. The number of nitrogens with two attached hydrogens (primary N) is 1. The van der Waals surface area contributed by atoms with E-state index in [2.05, 4.69) is 35.9 Å². The predicted octanol–water partition coefficient (Wildman–Crippen LogP) is 2.87. The van der Waals surface area contributed by atoms with E-state index in [9.17, 15) is 0 Å². The van der Waals surface area contributed by atoms with Crippen LogP contribution in [0, 0.1) is 10.8 Å². The second kappa shape index (κ2) is 3.82. The molecule has 18 heavy (non-hydrogen) atoms. The van der Waals surface area contributed by atoms with E-state index in [1.165, 1.54) is 6.42 Å². The zero-order valence-electron chi connectivity index (χ0n) is 11.2. The molecule has 1 unspecified atom stereocenters. The molecule has 96 valence electrons. The summed E-state index contributed by atoms with van der Waals surface area (Å²) in [6.45, 7) is 5.43. The van der Waals surface area contributed by atoms with Crippen molar-refractivity contribution in [3.05, 3.63) is 30.1 Å². The number of rotatable bonds is 4. The van der Waals surface area contributed by atoms with Gasteiger partial charge in [-0.15, -0.1) is 0 Å². The molecule has 1 aromatic heterocycles. The molecule has 3 N–H and O–H groups in total. The maximum absolute atomic E-state index is 5.95. The quantitative estimate of drug-likeness (QED) is 0.867.